The van der Waals surface area contributed by atoms with Crippen LogP contribution in [0.4, 0.5) is 0 Å². The molecule has 1 N–H and O–H groups in total. The lowest BCUT2D eigenvalue weighted by Gasteiger charge is -2.28. The molecule has 27 heavy (non-hydrogen) atoms. The van der Waals surface area contributed by atoms with Gasteiger partial charge in [-0.2, -0.15) is 0 Å². The van der Waals surface area contributed by atoms with E-state index in [1.54, 1.807) is 12.4 Å². The molecule has 2 aromatic heterocycles. The minimum Gasteiger partial charge on any atom is -0.364 e. The fraction of sp³-hybridized carbons (Fsp3) is 0.474. The Bertz CT molecular complexity index is 746. The number of hydrogen-bond donors (Lipinski definition) is 1. The van der Waals surface area contributed by atoms with E-state index in [0.29, 0.717) is 32.6 Å². The Morgan fingerprint density at radius 2 is 2.15 bits per heavy atom. The SMILES string of the molecule is CCN(CC)C(=O)[C@@H]1C[C@H](NC(=O)c2ccon2)CN1Cc1cccnc1. The van der Waals surface area contributed by atoms with Gasteiger partial charge in [-0.3, -0.25) is 19.5 Å². The highest BCUT2D eigenvalue weighted by Crippen LogP contribution is 2.23. The predicted molar refractivity (Wildman–Crippen MR) is 98.7 cm³/mol. The Morgan fingerprint density at radius 3 is 2.78 bits per heavy atom. The maximum absolute atomic E-state index is 13.0. The van der Waals surface area contributed by atoms with Crippen molar-refractivity contribution in [2.24, 2.45) is 0 Å². The van der Waals surface area contributed by atoms with E-state index in [4.69, 9.17) is 4.52 Å². The molecule has 2 atom stereocenters. The molecule has 1 aliphatic heterocycles. The molecule has 2 amide bonds. The van der Waals surface area contributed by atoms with Crippen molar-refractivity contribution in [3.05, 3.63) is 48.1 Å². The topological polar surface area (TPSA) is 91.6 Å². The van der Waals surface area contributed by atoms with Crippen LogP contribution in [0.1, 0.15) is 36.3 Å². The third-order valence-electron chi connectivity index (χ3n) is 4.88. The quantitative estimate of drug-likeness (QED) is 0.789. The van der Waals surface area contributed by atoms with Crippen molar-refractivity contribution in [3.8, 4) is 0 Å². The monoisotopic (exact) mass is 371 g/mol. The Labute approximate surface area is 158 Å². The smallest absolute Gasteiger partial charge is 0.273 e. The molecule has 8 heteroatoms. The van der Waals surface area contributed by atoms with Gasteiger partial charge in [0.1, 0.15) is 6.26 Å². The fourth-order valence-electron chi connectivity index (χ4n) is 3.50. The molecule has 0 aliphatic carbocycles. The Morgan fingerprint density at radius 1 is 1.33 bits per heavy atom. The summed E-state index contributed by atoms with van der Waals surface area (Å²) in [5.74, 6) is -0.187. The normalized spacial score (nSPS) is 19.8. The molecule has 3 rings (SSSR count). The number of likely N-dealkylation sites (tertiary alicyclic amines) is 1. The van der Waals surface area contributed by atoms with Crippen LogP contribution >= 0.6 is 0 Å². The molecule has 1 aliphatic rings. The Balaban J connectivity index is 1.73. The van der Waals surface area contributed by atoms with Crippen LogP contribution in [-0.4, -0.2) is 63.5 Å². The number of hydrogen-bond acceptors (Lipinski definition) is 6. The molecule has 0 bridgehead atoms. The first-order chi connectivity index (χ1) is 13.1. The van der Waals surface area contributed by atoms with Crippen LogP contribution in [0.3, 0.4) is 0 Å². The lowest BCUT2D eigenvalue weighted by molar-refractivity contribution is -0.135. The molecule has 144 valence electrons. The molecule has 0 saturated carbocycles. The highest BCUT2D eigenvalue weighted by molar-refractivity contribution is 5.92. The average molecular weight is 371 g/mol. The number of carbonyl (C=O) groups is 2. The standard InChI is InChI=1S/C19H25N5O3/c1-3-23(4-2)19(26)17-10-15(21-18(25)16-7-9-27-22-16)13-24(17)12-14-6-5-8-20-11-14/h5-9,11,15,17H,3-4,10,12-13H2,1-2H3,(H,21,25)/t15-,17-/m0/s1. The number of pyridine rings is 1. The fourth-order valence-corrected chi connectivity index (χ4v) is 3.50. The second kappa shape index (κ2) is 8.77. The lowest BCUT2D eigenvalue weighted by Crippen LogP contribution is -2.45. The van der Waals surface area contributed by atoms with Crippen molar-refractivity contribution < 1.29 is 14.1 Å². The number of aromatic nitrogens is 2. The summed E-state index contributed by atoms with van der Waals surface area (Å²) < 4.78 is 4.73. The van der Waals surface area contributed by atoms with E-state index in [2.05, 4.69) is 20.4 Å². The molecule has 0 radical (unpaired) electrons. The van der Waals surface area contributed by atoms with Crippen LogP contribution < -0.4 is 5.32 Å². The minimum atomic E-state index is -0.286. The van der Waals surface area contributed by atoms with Crippen molar-refractivity contribution >= 4 is 11.8 Å². The van der Waals surface area contributed by atoms with Crippen LogP contribution in [0.5, 0.6) is 0 Å². The molecule has 1 saturated heterocycles. The predicted octanol–water partition coefficient (Wildman–Crippen LogP) is 1.31. The van der Waals surface area contributed by atoms with Gasteiger partial charge in [-0.05, 0) is 31.9 Å². The second-order valence-electron chi connectivity index (χ2n) is 6.61. The van der Waals surface area contributed by atoms with E-state index < -0.39 is 0 Å². The van der Waals surface area contributed by atoms with E-state index in [-0.39, 0.29) is 29.6 Å². The van der Waals surface area contributed by atoms with Gasteiger partial charge in [0, 0.05) is 50.7 Å². The van der Waals surface area contributed by atoms with E-state index in [1.165, 1.54) is 12.3 Å². The van der Waals surface area contributed by atoms with Crippen LogP contribution in [-0.2, 0) is 11.3 Å². The summed E-state index contributed by atoms with van der Waals surface area (Å²) >= 11 is 0. The summed E-state index contributed by atoms with van der Waals surface area (Å²) in [7, 11) is 0. The molecule has 8 nitrogen and oxygen atoms in total. The van der Waals surface area contributed by atoms with E-state index in [0.717, 1.165) is 5.56 Å². The third kappa shape index (κ3) is 4.51. The van der Waals surface area contributed by atoms with Crippen LogP contribution in [0, 0.1) is 0 Å². The highest BCUT2D eigenvalue weighted by atomic mass is 16.5. The summed E-state index contributed by atoms with van der Waals surface area (Å²) in [6, 6.07) is 5.00. The maximum atomic E-state index is 13.0. The molecular weight excluding hydrogens is 346 g/mol. The van der Waals surface area contributed by atoms with E-state index in [9.17, 15) is 9.59 Å². The van der Waals surface area contributed by atoms with Gasteiger partial charge in [0.2, 0.25) is 5.91 Å². The zero-order chi connectivity index (χ0) is 19.2. The van der Waals surface area contributed by atoms with E-state index >= 15 is 0 Å². The van der Waals surface area contributed by atoms with Crippen molar-refractivity contribution in [2.45, 2.75) is 38.9 Å². The van der Waals surface area contributed by atoms with Crippen molar-refractivity contribution in [3.63, 3.8) is 0 Å². The lowest BCUT2D eigenvalue weighted by atomic mass is 10.1. The summed E-state index contributed by atoms with van der Waals surface area (Å²) in [6.45, 7) is 6.50. The molecule has 3 heterocycles. The van der Waals surface area contributed by atoms with Gasteiger partial charge < -0.3 is 14.7 Å². The van der Waals surface area contributed by atoms with Crippen LogP contribution in [0.2, 0.25) is 0 Å². The molecule has 0 aromatic carbocycles. The summed E-state index contributed by atoms with van der Waals surface area (Å²) in [4.78, 5) is 33.4. The van der Waals surface area contributed by atoms with Crippen molar-refractivity contribution in [1.82, 2.24) is 25.3 Å². The average Bonchev–Trinajstić information content (AvgIpc) is 3.34. The zero-order valence-electron chi connectivity index (χ0n) is 15.7. The summed E-state index contributed by atoms with van der Waals surface area (Å²) in [5, 5.41) is 6.64. The Hall–Kier alpha value is -2.74. The largest absolute Gasteiger partial charge is 0.364 e. The number of carbonyl (C=O) groups excluding carboxylic acids is 2. The first-order valence-electron chi connectivity index (χ1n) is 9.25. The van der Waals surface area contributed by atoms with Gasteiger partial charge >= 0.3 is 0 Å². The highest BCUT2D eigenvalue weighted by Gasteiger charge is 2.39. The molecular formula is C19H25N5O3. The third-order valence-corrected chi connectivity index (χ3v) is 4.88. The zero-order valence-corrected chi connectivity index (χ0v) is 15.7. The molecule has 1 fully saturated rings. The van der Waals surface area contributed by atoms with Gasteiger partial charge in [-0.25, -0.2) is 0 Å². The number of likely N-dealkylation sites (N-methyl/N-ethyl adjacent to an activating group) is 1. The number of nitrogens with zero attached hydrogens (tertiary/aromatic N) is 4. The van der Waals surface area contributed by atoms with Crippen molar-refractivity contribution in [2.75, 3.05) is 19.6 Å². The summed E-state index contributed by atoms with van der Waals surface area (Å²) in [6.07, 6.45) is 5.47. The molecule has 0 unspecified atom stereocenters. The second-order valence-corrected chi connectivity index (χ2v) is 6.61. The van der Waals surface area contributed by atoms with Gasteiger partial charge in [-0.1, -0.05) is 11.2 Å². The van der Waals surface area contributed by atoms with E-state index in [1.807, 2.05) is 30.9 Å². The van der Waals surface area contributed by atoms with Gasteiger partial charge in [0.05, 0.1) is 6.04 Å². The Kier molecular flexibility index (Phi) is 6.18. The summed E-state index contributed by atoms with van der Waals surface area (Å²) in [5.41, 5.74) is 1.28. The number of amides is 2. The van der Waals surface area contributed by atoms with Crippen molar-refractivity contribution in [1.29, 1.82) is 0 Å². The van der Waals surface area contributed by atoms with Crippen LogP contribution in [0.15, 0.2) is 41.4 Å². The minimum absolute atomic E-state index is 0.0991. The molecule has 0 spiro atoms. The number of nitrogens with one attached hydrogen (secondary N) is 1. The number of rotatable bonds is 7. The van der Waals surface area contributed by atoms with Gasteiger partial charge in [0.25, 0.3) is 5.91 Å². The molecule has 2 aromatic rings. The first-order valence-corrected chi connectivity index (χ1v) is 9.25. The van der Waals surface area contributed by atoms with Gasteiger partial charge in [0.15, 0.2) is 5.69 Å². The van der Waals surface area contributed by atoms with Gasteiger partial charge in [-0.15, -0.1) is 0 Å². The first kappa shape index (κ1) is 19.0. The maximum Gasteiger partial charge on any atom is 0.273 e. The van der Waals surface area contributed by atoms with Crippen LogP contribution in [0.25, 0.3) is 0 Å².